The average Bonchev–Trinajstić information content (AvgIpc) is 3.34. The number of hydrogen-bond acceptors (Lipinski definition) is 7. The molecule has 1 aromatic heterocycles. The second-order valence-corrected chi connectivity index (χ2v) is 7.80. The summed E-state index contributed by atoms with van der Waals surface area (Å²) in [6.07, 6.45) is 2.97. The first kappa shape index (κ1) is 24.5. The maximum Gasteiger partial charge on any atom is 0.274 e. The first-order valence-corrected chi connectivity index (χ1v) is 11.2. The number of aromatic nitrogens is 3. The number of carbonyl (C=O) groups is 1. The van der Waals surface area contributed by atoms with E-state index in [0.29, 0.717) is 24.6 Å². The van der Waals surface area contributed by atoms with Gasteiger partial charge in [0.1, 0.15) is 17.3 Å². The van der Waals surface area contributed by atoms with Crippen LogP contribution in [0.4, 0.5) is 16.3 Å². The standard InChI is InChI=1S/C27H26FN5O3/c1-35-23-12-5-20(6-13-23)17-29-26-31-27(30-18-21-7-14-24(36-2)15-8-21)33(32-26)25(34)16-9-19-3-10-22(28)11-4-19/h3-16H,17-18H2,1-2H3,(H2,29,30,31,32)/b16-9+. The molecule has 8 nitrogen and oxygen atoms in total. The van der Waals surface area contributed by atoms with Crippen molar-refractivity contribution in [3.05, 3.63) is 101 Å². The van der Waals surface area contributed by atoms with Crippen LogP contribution in [0, 0.1) is 5.82 Å². The summed E-state index contributed by atoms with van der Waals surface area (Å²) < 4.78 is 24.7. The van der Waals surface area contributed by atoms with E-state index in [2.05, 4.69) is 20.7 Å². The number of allylic oxidation sites excluding steroid dienone is 1. The highest BCUT2D eigenvalue weighted by atomic mass is 19.1. The average molecular weight is 488 g/mol. The van der Waals surface area contributed by atoms with E-state index in [1.165, 1.54) is 22.9 Å². The molecule has 2 N–H and O–H groups in total. The van der Waals surface area contributed by atoms with E-state index < -0.39 is 5.91 Å². The highest BCUT2D eigenvalue weighted by Gasteiger charge is 2.14. The molecular formula is C27H26FN5O3. The Morgan fingerprint density at radius 2 is 1.42 bits per heavy atom. The fraction of sp³-hybridized carbons (Fsp3) is 0.148. The van der Waals surface area contributed by atoms with E-state index >= 15 is 0 Å². The minimum atomic E-state index is -0.401. The smallest absolute Gasteiger partial charge is 0.274 e. The van der Waals surface area contributed by atoms with Crippen LogP contribution in [-0.4, -0.2) is 34.9 Å². The number of anilines is 2. The van der Waals surface area contributed by atoms with Gasteiger partial charge in [0, 0.05) is 19.2 Å². The van der Waals surface area contributed by atoms with Crippen LogP contribution < -0.4 is 20.1 Å². The molecule has 4 rings (SSSR count). The SMILES string of the molecule is COc1ccc(CNc2nc(NCc3ccc(OC)cc3)n(C(=O)/C=C/c3ccc(F)cc3)n2)cc1. The maximum absolute atomic E-state index is 13.2. The zero-order valence-electron chi connectivity index (χ0n) is 19.9. The molecule has 0 aliphatic rings. The van der Waals surface area contributed by atoms with E-state index in [9.17, 15) is 9.18 Å². The molecule has 0 spiro atoms. The van der Waals surface area contributed by atoms with Crippen LogP contribution in [0.5, 0.6) is 11.5 Å². The number of carbonyl (C=O) groups excluding carboxylic acids is 1. The molecule has 0 aliphatic carbocycles. The Bertz CT molecular complexity index is 1320. The second kappa shape index (κ2) is 11.7. The van der Waals surface area contributed by atoms with Crippen molar-refractivity contribution in [2.75, 3.05) is 24.9 Å². The van der Waals surface area contributed by atoms with Crippen LogP contribution in [0.2, 0.25) is 0 Å². The quantitative estimate of drug-likeness (QED) is 0.304. The minimum Gasteiger partial charge on any atom is -0.497 e. The van der Waals surface area contributed by atoms with Gasteiger partial charge in [0.25, 0.3) is 5.91 Å². The number of halogens is 1. The van der Waals surface area contributed by atoms with Gasteiger partial charge in [0.15, 0.2) is 0 Å². The number of nitrogens with zero attached hydrogens (tertiary/aromatic N) is 3. The zero-order valence-corrected chi connectivity index (χ0v) is 19.9. The summed E-state index contributed by atoms with van der Waals surface area (Å²) in [5, 5.41) is 10.7. The molecule has 0 amide bonds. The van der Waals surface area contributed by atoms with Crippen LogP contribution in [0.1, 0.15) is 21.5 Å². The van der Waals surface area contributed by atoms with Crippen LogP contribution >= 0.6 is 0 Å². The molecule has 0 bridgehead atoms. The topological polar surface area (TPSA) is 90.3 Å². The van der Waals surface area contributed by atoms with Gasteiger partial charge in [-0.3, -0.25) is 4.79 Å². The molecule has 1 heterocycles. The Morgan fingerprint density at radius 1 is 0.861 bits per heavy atom. The van der Waals surface area contributed by atoms with E-state index in [0.717, 1.165) is 22.6 Å². The lowest BCUT2D eigenvalue weighted by Gasteiger charge is -2.06. The molecule has 4 aromatic rings. The molecule has 9 heteroatoms. The van der Waals surface area contributed by atoms with Crippen molar-refractivity contribution in [1.29, 1.82) is 0 Å². The van der Waals surface area contributed by atoms with Crippen molar-refractivity contribution >= 4 is 23.9 Å². The highest BCUT2D eigenvalue weighted by molar-refractivity contribution is 5.94. The molecular weight excluding hydrogens is 461 g/mol. The van der Waals surface area contributed by atoms with Gasteiger partial charge in [-0.15, -0.1) is 5.10 Å². The monoisotopic (exact) mass is 487 g/mol. The number of hydrogen-bond donors (Lipinski definition) is 2. The largest absolute Gasteiger partial charge is 0.497 e. The normalized spacial score (nSPS) is 10.9. The summed E-state index contributed by atoms with van der Waals surface area (Å²) in [5.74, 6) is 1.37. The highest BCUT2D eigenvalue weighted by Crippen LogP contribution is 2.16. The van der Waals surface area contributed by atoms with Crippen LogP contribution in [0.15, 0.2) is 78.9 Å². The lowest BCUT2D eigenvalue weighted by atomic mass is 10.2. The minimum absolute atomic E-state index is 0.289. The summed E-state index contributed by atoms with van der Waals surface area (Å²) in [6.45, 7) is 0.890. The molecule has 0 saturated carbocycles. The summed E-state index contributed by atoms with van der Waals surface area (Å²) in [7, 11) is 3.23. The molecule has 0 atom stereocenters. The molecule has 36 heavy (non-hydrogen) atoms. The molecule has 3 aromatic carbocycles. The third-order valence-corrected chi connectivity index (χ3v) is 5.32. The predicted octanol–water partition coefficient (Wildman–Crippen LogP) is 5.01. The predicted molar refractivity (Wildman–Crippen MR) is 137 cm³/mol. The van der Waals surface area contributed by atoms with Crippen LogP contribution in [0.25, 0.3) is 6.08 Å². The fourth-order valence-electron chi connectivity index (χ4n) is 3.32. The molecule has 0 unspecified atom stereocenters. The Balaban J connectivity index is 1.51. The second-order valence-electron chi connectivity index (χ2n) is 7.80. The van der Waals surface area contributed by atoms with Crippen molar-refractivity contribution in [2.45, 2.75) is 13.1 Å². The molecule has 184 valence electrons. The van der Waals surface area contributed by atoms with E-state index in [4.69, 9.17) is 9.47 Å². The van der Waals surface area contributed by atoms with Crippen molar-refractivity contribution < 1.29 is 18.7 Å². The van der Waals surface area contributed by atoms with Gasteiger partial charge < -0.3 is 20.1 Å². The molecule has 0 aliphatic heterocycles. The number of methoxy groups -OCH3 is 2. The van der Waals surface area contributed by atoms with Crippen molar-refractivity contribution in [1.82, 2.24) is 14.8 Å². The molecule has 0 fully saturated rings. The molecule has 0 radical (unpaired) electrons. The van der Waals surface area contributed by atoms with Gasteiger partial charge in [-0.25, -0.2) is 4.39 Å². The van der Waals surface area contributed by atoms with E-state index in [1.54, 1.807) is 32.4 Å². The van der Waals surface area contributed by atoms with Crippen LogP contribution in [0.3, 0.4) is 0 Å². The lowest BCUT2D eigenvalue weighted by Crippen LogP contribution is -2.14. The number of rotatable bonds is 10. The summed E-state index contributed by atoms with van der Waals surface area (Å²) in [6, 6.07) is 21.0. The maximum atomic E-state index is 13.2. The summed E-state index contributed by atoms with van der Waals surface area (Å²) >= 11 is 0. The lowest BCUT2D eigenvalue weighted by molar-refractivity contribution is 0.0957. The van der Waals surface area contributed by atoms with Gasteiger partial charge in [-0.1, -0.05) is 36.4 Å². The molecule has 0 saturated heterocycles. The fourth-order valence-corrected chi connectivity index (χ4v) is 3.32. The van der Waals surface area contributed by atoms with Gasteiger partial charge in [0.05, 0.1) is 14.2 Å². The third-order valence-electron chi connectivity index (χ3n) is 5.32. The first-order chi connectivity index (χ1) is 17.5. The Labute approximate surface area is 208 Å². The number of benzene rings is 3. The van der Waals surface area contributed by atoms with E-state index in [-0.39, 0.29) is 11.8 Å². The van der Waals surface area contributed by atoms with Gasteiger partial charge in [0.2, 0.25) is 11.9 Å². The Hall–Kier alpha value is -4.66. The van der Waals surface area contributed by atoms with Crippen molar-refractivity contribution in [2.24, 2.45) is 0 Å². The summed E-state index contributed by atoms with van der Waals surface area (Å²) in [4.78, 5) is 17.4. The Kier molecular flexibility index (Phi) is 7.92. The van der Waals surface area contributed by atoms with Gasteiger partial charge in [-0.2, -0.15) is 9.67 Å². The number of ether oxygens (including phenoxy) is 2. The van der Waals surface area contributed by atoms with Gasteiger partial charge in [-0.05, 0) is 59.2 Å². The van der Waals surface area contributed by atoms with Crippen molar-refractivity contribution in [3.8, 4) is 11.5 Å². The van der Waals surface area contributed by atoms with E-state index in [1.807, 2.05) is 48.5 Å². The zero-order chi connectivity index (χ0) is 25.3. The Morgan fingerprint density at radius 3 is 1.97 bits per heavy atom. The number of nitrogens with one attached hydrogen (secondary N) is 2. The van der Waals surface area contributed by atoms with Crippen LogP contribution in [-0.2, 0) is 13.1 Å². The first-order valence-electron chi connectivity index (χ1n) is 11.2. The van der Waals surface area contributed by atoms with Gasteiger partial charge >= 0.3 is 0 Å². The summed E-state index contributed by atoms with van der Waals surface area (Å²) in [5.41, 5.74) is 2.67. The van der Waals surface area contributed by atoms with Crippen molar-refractivity contribution in [3.63, 3.8) is 0 Å². The third kappa shape index (κ3) is 6.47.